The van der Waals surface area contributed by atoms with Gasteiger partial charge in [0.1, 0.15) is 0 Å². The maximum absolute atomic E-state index is 6.17. The second kappa shape index (κ2) is 3.35. The molecule has 0 radical (unpaired) electrons. The third kappa shape index (κ3) is 1.66. The van der Waals surface area contributed by atoms with Crippen molar-refractivity contribution in [3.05, 3.63) is 0 Å². The molecule has 2 heterocycles. The Morgan fingerprint density at radius 2 is 1.27 bits per heavy atom. The molecule has 2 saturated heterocycles. The molecule has 0 aromatic heterocycles. The number of thioether (sulfide) groups is 1. The number of hydrogen-bond acceptors (Lipinski definition) is 1. The van der Waals surface area contributed by atoms with E-state index in [1.54, 1.807) is 0 Å². The van der Waals surface area contributed by atoms with E-state index in [1.807, 2.05) is 11.8 Å². The van der Waals surface area contributed by atoms with Gasteiger partial charge in [-0.2, -0.15) is 11.8 Å². The normalized spacial score (nSPS) is 50.7. The van der Waals surface area contributed by atoms with Crippen molar-refractivity contribution in [3.8, 4) is 0 Å². The molecule has 2 bridgehead atoms. The fourth-order valence-electron chi connectivity index (χ4n) is 1.91. The standard InChI is InChI=1S/C8H12Cl2S/c9-5-1-3-7-6(10)2-4-8(5)11-7/h5-8H,1-4H2/t5-,6+,7-,8-/m1/s1. The van der Waals surface area contributed by atoms with Crippen molar-refractivity contribution in [3.63, 3.8) is 0 Å². The molecule has 4 atom stereocenters. The third-order valence-corrected chi connectivity index (χ3v) is 5.78. The van der Waals surface area contributed by atoms with E-state index in [0.717, 1.165) is 0 Å². The Hall–Kier alpha value is 0.930. The maximum Gasteiger partial charge on any atom is 0.0455 e. The van der Waals surface area contributed by atoms with Gasteiger partial charge in [0.2, 0.25) is 0 Å². The maximum atomic E-state index is 6.17. The number of halogens is 2. The smallest absolute Gasteiger partial charge is 0.0455 e. The molecule has 3 heteroatoms. The Morgan fingerprint density at radius 1 is 0.818 bits per heavy atom. The number of alkyl halides is 2. The molecule has 0 saturated carbocycles. The van der Waals surface area contributed by atoms with Gasteiger partial charge in [-0.3, -0.25) is 0 Å². The summed E-state index contributed by atoms with van der Waals surface area (Å²) in [5.74, 6) is 0. The van der Waals surface area contributed by atoms with E-state index in [4.69, 9.17) is 23.2 Å². The van der Waals surface area contributed by atoms with Crippen LogP contribution in [0.15, 0.2) is 0 Å². The SMILES string of the molecule is Cl[C@@H]1CC[C@H]2S[C@@H]1CC[C@@H]2Cl. The molecule has 2 aliphatic rings. The van der Waals surface area contributed by atoms with E-state index in [2.05, 4.69) is 0 Å². The summed E-state index contributed by atoms with van der Waals surface area (Å²) in [6.45, 7) is 0. The highest BCUT2D eigenvalue weighted by atomic mass is 35.5. The predicted molar refractivity (Wildman–Crippen MR) is 52.9 cm³/mol. The fourth-order valence-corrected chi connectivity index (χ4v) is 4.38. The minimum atomic E-state index is 0.417. The minimum Gasteiger partial charge on any atom is -0.152 e. The lowest BCUT2D eigenvalue weighted by molar-refractivity contribution is 0.501. The lowest BCUT2D eigenvalue weighted by Gasteiger charge is -2.39. The first-order valence-electron chi connectivity index (χ1n) is 4.21. The molecule has 0 unspecified atom stereocenters. The van der Waals surface area contributed by atoms with E-state index in [1.165, 1.54) is 25.7 Å². The van der Waals surface area contributed by atoms with Gasteiger partial charge in [0.15, 0.2) is 0 Å². The van der Waals surface area contributed by atoms with Crippen LogP contribution in [-0.2, 0) is 0 Å². The molecule has 0 spiro atoms. The van der Waals surface area contributed by atoms with Crippen LogP contribution in [0.4, 0.5) is 0 Å². The predicted octanol–water partition coefficient (Wildman–Crippen LogP) is 3.26. The summed E-state index contributed by atoms with van der Waals surface area (Å²) < 4.78 is 0. The van der Waals surface area contributed by atoms with Crippen LogP contribution in [0.1, 0.15) is 25.7 Å². The summed E-state index contributed by atoms with van der Waals surface area (Å²) in [4.78, 5) is 0. The van der Waals surface area contributed by atoms with Gasteiger partial charge < -0.3 is 0 Å². The summed E-state index contributed by atoms with van der Waals surface area (Å²) in [5, 5.41) is 2.23. The summed E-state index contributed by atoms with van der Waals surface area (Å²) in [7, 11) is 0. The van der Waals surface area contributed by atoms with Crippen molar-refractivity contribution in [2.45, 2.75) is 46.9 Å². The van der Waals surface area contributed by atoms with E-state index in [9.17, 15) is 0 Å². The van der Waals surface area contributed by atoms with Crippen molar-refractivity contribution < 1.29 is 0 Å². The Kier molecular flexibility index (Phi) is 2.60. The van der Waals surface area contributed by atoms with Crippen molar-refractivity contribution in [1.29, 1.82) is 0 Å². The van der Waals surface area contributed by atoms with E-state index in [-0.39, 0.29) is 0 Å². The largest absolute Gasteiger partial charge is 0.152 e. The second-order valence-corrected chi connectivity index (χ2v) is 6.00. The quantitative estimate of drug-likeness (QED) is 0.554. The molecule has 2 rings (SSSR count). The first-order valence-corrected chi connectivity index (χ1v) is 6.02. The monoisotopic (exact) mass is 210 g/mol. The molecule has 64 valence electrons. The van der Waals surface area contributed by atoms with Gasteiger partial charge in [0, 0.05) is 21.3 Å². The van der Waals surface area contributed by atoms with Gasteiger partial charge >= 0.3 is 0 Å². The highest BCUT2D eigenvalue weighted by Crippen LogP contribution is 2.45. The lowest BCUT2D eigenvalue weighted by atomic mass is 9.98. The van der Waals surface area contributed by atoms with Crippen molar-refractivity contribution in [2.75, 3.05) is 0 Å². The van der Waals surface area contributed by atoms with Crippen LogP contribution in [0, 0.1) is 0 Å². The Balaban J connectivity index is 2.02. The van der Waals surface area contributed by atoms with Crippen molar-refractivity contribution in [2.24, 2.45) is 0 Å². The van der Waals surface area contributed by atoms with Gasteiger partial charge in [0.05, 0.1) is 0 Å². The second-order valence-electron chi connectivity index (χ2n) is 3.40. The molecule has 0 amide bonds. The molecule has 0 nitrogen and oxygen atoms in total. The summed E-state index contributed by atoms with van der Waals surface area (Å²) in [6.07, 6.45) is 4.80. The molecule has 2 fully saturated rings. The van der Waals surface area contributed by atoms with Gasteiger partial charge in [-0.25, -0.2) is 0 Å². The average Bonchev–Trinajstić information content (AvgIpc) is 2.02. The number of hydrogen-bond donors (Lipinski definition) is 0. The average molecular weight is 211 g/mol. The van der Waals surface area contributed by atoms with Crippen LogP contribution in [-0.4, -0.2) is 21.3 Å². The van der Waals surface area contributed by atoms with Crippen molar-refractivity contribution >= 4 is 35.0 Å². The molecule has 11 heavy (non-hydrogen) atoms. The van der Waals surface area contributed by atoms with Gasteiger partial charge in [0.25, 0.3) is 0 Å². The van der Waals surface area contributed by atoms with E-state index >= 15 is 0 Å². The third-order valence-electron chi connectivity index (χ3n) is 2.61. The Labute approximate surface area is 82.0 Å². The zero-order valence-electron chi connectivity index (χ0n) is 6.30. The first-order chi connectivity index (χ1) is 5.27. The number of rotatable bonds is 0. The van der Waals surface area contributed by atoms with Crippen LogP contribution >= 0.6 is 35.0 Å². The molecule has 0 N–H and O–H groups in total. The Morgan fingerprint density at radius 3 is 1.73 bits per heavy atom. The van der Waals surface area contributed by atoms with Crippen LogP contribution in [0.2, 0.25) is 0 Å². The molecule has 0 aromatic carbocycles. The molecular weight excluding hydrogens is 199 g/mol. The van der Waals surface area contributed by atoms with Crippen LogP contribution < -0.4 is 0 Å². The van der Waals surface area contributed by atoms with Crippen molar-refractivity contribution in [1.82, 2.24) is 0 Å². The lowest BCUT2D eigenvalue weighted by Crippen LogP contribution is -2.37. The highest BCUT2D eigenvalue weighted by Gasteiger charge is 2.37. The summed E-state index contributed by atoms with van der Waals surface area (Å²) in [6, 6.07) is 0. The van der Waals surface area contributed by atoms with Gasteiger partial charge in [-0.1, -0.05) is 0 Å². The number of fused-ring (bicyclic) bond motifs is 2. The van der Waals surface area contributed by atoms with E-state index in [0.29, 0.717) is 21.3 Å². The molecular formula is C8H12Cl2S. The first kappa shape index (κ1) is 8.52. The minimum absolute atomic E-state index is 0.417. The summed E-state index contributed by atoms with van der Waals surface area (Å²) >= 11 is 14.4. The molecule has 0 aromatic rings. The Bertz CT molecular complexity index is 135. The zero-order chi connectivity index (χ0) is 7.84. The van der Waals surface area contributed by atoms with Crippen LogP contribution in [0.3, 0.4) is 0 Å². The van der Waals surface area contributed by atoms with Crippen LogP contribution in [0.5, 0.6) is 0 Å². The summed E-state index contributed by atoms with van der Waals surface area (Å²) in [5.41, 5.74) is 0. The van der Waals surface area contributed by atoms with Crippen LogP contribution in [0.25, 0.3) is 0 Å². The zero-order valence-corrected chi connectivity index (χ0v) is 8.63. The fraction of sp³-hybridized carbons (Fsp3) is 1.00. The highest BCUT2D eigenvalue weighted by molar-refractivity contribution is 8.00. The molecule has 0 aliphatic carbocycles. The topological polar surface area (TPSA) is 0 Å². The molecule has 2 aliphatic heterocycles. The van der Waals surface area contributed by atoms with Gasteiger partial charge in [-0.05, 0) is 25.7 Å². The van der Waals surface area contributed by atoms with E-state index < -0.39 is 0 Å². The van der Waals surface area contributed by atoms with Gasteiger partial charge in [-0.15, -0.1) is 23.2 Å².